The summed E-state index contributed by atoms with van der Waals surface area (Å²) in [5.74, 6) is 0.115. The van der Waals surface area contributed by atoms with Crippen LogP contribution in [0.1, 0.15) is 33.6 Å². The number of amides is 2. The van der Waals surface area contributed by atoms with Crippen molar-refractivity contribution in [3.05, 3.63) is 0 Å². The van der Waals surface area contributed by atoms with Gasteiger partial charge in [-0.3, -0.25) is 9.59 Å². The van der Waals surface area contributed by atoms with Gasteiger partial charge in [-0.15, -0.1) is 0 Å². The normalized spacial score (nSPS) is 15.3. The molecule has 0 spiro atoms. The van der Waals surface area contributed by atoms with Crippen molar-refractivity contribution in [2.45, 2.75) is 39.7 Å². The molecule has 0 aromatic heterocycles. The second-order valence-electron chi connectivity index (χ2n) is 5.48. The van der Waals surface area contributed by atoms with Gasteiger partial charge >= 0.3 is 0 Å². The minimum atomic E-state index is -0.494. The van der Waals surface area contributed by atoms with E-state index in [0.717, 1.165) is 19.4 Å². The van der Waals surface area contributed by atoms with Gasteiger partial charge in [0.15, 0.2) is 0 Å². The fourth-order valence-corrected chi connectivity index (χ4v) is 2.03. The molecule has 0 aliphatic heterocycles. The van der Waals surface area contributed by atoms with E-state index in [1.54, 1.807) is 7.05 Å². The quantitative estimate of drug-likeness (QED) is 0.690. The molecule has 0 unspecified atom stereocenters. The summed E-state index contributed by atoms with van der Waals surface area (Å²) in [6.07, 6.45) is 2.26. The van der Waals surface area contributed by atoms with Gasteiger partial charge in [0.1, 0.15) is 0 Å². The second kappa shape index (κ2) is 6.18. The minimum Gasteiger partial charge on any atom is -0.359 e. The van der Waals surface area contributed by atoms with Crippen molar-refractivity contribution >= 4 is 11.8 Å². The molecule has 1 fully saturated rings. The molecule has 104 valence electrons. The third-order valence-electron chi connectivity index (χ3n) is 3.33. The summed E-state index contributed by atoms with van der Waals surface area (Å²) in [6.45, 7) is 7.31. The van der Waals surface area contributed by atoms with Crippen LogP contribution in [-0.2, 0) is 9.59 Å². The summed E-state index contributed by atoms with van der Waals surface area (Å²) < 4.78 is 0. The van der Waals surface area contributed by atoms with Gasteiger partial charge in [-0.05, 0) is 33.6 Å². The summed E-state index contributed by atoms with van der Waals surface area (Å²) in [5, 5.41) is 5.72. The molecule has 0 saturated heterocycles. The lowest BCUT2D eigenvalue weighted by molar-refractivity contribution is -0.132. The highest BCUT2D eigenvalue weighted by Gasteiger charge is 2.31. The minimum absolute atomic E-state index is 0.0167. The lowest BCUT2D eigenvalue weighted by Crippen LogP contribution is -2.45. The smallest absolute Gasteiger partial charge is 0.236 e. The topological polar surface area (TPSA) is 61.4 Å². The number of hydrogen-bond donors (Lipinski definition) is 2. The first kappa shape index (κ1) is 15.0. The molecule has 1 aliphatic rings. The fourth-order valence-electron chi connectivity index (χ4n) is 2.03. The van der Waals surface area contributed by atoms with E-state index in [4.69, 9.17) is 0 Å². The van der Waals surface area contributed by atoms with Crippen molar-refractivity contribution in [2.75, 3.05) is 26.7 Å². The molecule has 0 bridgehead atoms. The van der Waals surface area contributed by atoms with Crippen LogP contribution < -0.4 is 10.6 Å². The predicted octanol–water partition coefficient (Wildman–Crippen LogP) is 0.359. The monoisotopic (exact) mass is 255 g/mol. The Labute approximate surface area is 109 Å². The number of nitrogens with zero attached hydrogens (tertiary/aromatic N) is 1. The zero-order valence-electron chi connectivity index (χ0n) is 11.9. The van der Waals surface area contributed by atoms with Gasteiger partial charge in [0, 0.05) is 26.2 Å². The molecule has 0 heterocycles. The number of hydrogen-bond acceptors (Lipinski definition) is 3. The molecular weight excluding hydrogens is 230 g/mol. The molecule has 0 atom stereocenters. The van der Waals surface area contributed by atoms with Crippen LogP contribution in [0.15, 0.2) is 0 Å². The summed E-state index contributed by atoms with van der Waals surface area (Å²) in [6, 6.07) is 0.455. The van der Waals surface area contributed by atoms with Gasteiger partial charge in [-0.2, -0.15) is 0 Å². The summed E-state index contributed by atoms with van der Waals surface area (Å²) in [5.41, 5.74) is -0.494. The van der Waals surface area contributed by atoms with Crippen molar-refractivity contribution in [3.8, 4) is 0 Å². The number of nitrogens with one attached hydrogen (secondary N) is 2. The zero-order valence-corrected chi connectivity index (χ0v) is 11.9. The van der Waals surface area contributed by atoms with Crippen molar-refractivity contribution in [1.82, 2.24) is 15.5 Å². The Morgan fingerprint density at radius 3 is 2.39 bits per heavy atom. The van der Waals surface area contributed by atoms with Crippen LogP contribution in [0.5, 0.6) is 0 Å². The summed E-state index contributed by atoms with van der Waals surface area (Å²) in [4.78, 5) is 25.4. The Hall–Kier alpha value is -1.10. The van der Waals surface area contributed by atoms with E-state index in [-0.39, 0.29) is 11.8 Å². The standard InChI is InChI=1S/C13H25N3O2/c1-5-16(10-6-7-10)11(17)8-15-9-13(2,3)12(18)14-4/h10,15H,5-9H2,1-4H3,(H,14,18). The molecule has 2 amide bonds. The van der Waals surface area contributed by atoms with Gasteiger partial charge in [0.2, 0.25) is 11.8 Å². The maximum Gasteiger partial charge on any atom is 0.236 e. The van der Waals surface area contributed by atoms with Gasteiger partial charge < -0.3 is 15.5 Å². The lowest BCUT2D eigenvalue weighted by atomic mass is 9.92. The fraction of sp³-hybridized carbons (Fsp3) is 0.846. The third-order valence-corrected chi connectivity index (χ3v) is 3.33. The van der Waals surface area contributed by atoms with Crippen LogP contribution in [0, 0.1) is 5.41 Å². The average molecular weight is 255 g/mol. The molecular formula is C13H25N3O2. The zero-order chi connectivity index (χ0) is 13.8. The molecule has 18 heavy (non-hydrogen) atoms. The van der Waals surface area contributed by atoms with Crippen molar-refractivity contribution in [2.24, 2.45) is 5.41 Å². The largest absolute Gasteiger partial charge is 0.359 e. The number of carbonyl (C=O) groups excluding carboxylic acids is 2. The predicted molar refractivity (Wildman–Crippen MR) is 71.1 cm³/mol. The Kier molecular flexibility index (Phi) is 5.14. The summed E-state index contributed by atoms with van der Waals surface area (Å²) in [7, 11) is 1.63. The second-order valence-corrected chi connectivity index (χ2v) is 5.48. The SMILES string of the molecule is CCN(C(=O)CNCC(C)(C)C(=O)NC)C1CC1. The lowest BCUT2D eigenvalue weighted by Gasteiger charge is -2.25. The maximum absolute atomic E-state index is 11.9. The van der Waals surface area contributed by atoms with E-state index in [0.29, 0.717) is 19.1 Å². The molecule has 5 nitrogen and oxygen atoms in total. The Bertz CT molecular complexity index is 311. The Balaban J connectivity index is 2.32. The molecule has 0 aromatic rings. The van der Waals surface area contributed by atoms with Gasteiger partial charge in [-0.25, -0.2) is 0 Å². The van der Waals surface area contributed by atoms with Crippen LogP contribution in [-0.4, -0.2) is 49.4 Å². The van der Waals surface area contributed by atoms with Crippen LogP contribution in [0.4, 0.5) is 0 Å². The van der Waals surface area contributed by atoms with E-state index in [2.05, 4.69) is 10.6 Å². The van der Waals surface area contributed by atoms with Crippen LogP contribution >= 0.6 is 0 Å². The first-order valence-corrected chi connectivity index (χ1v) is 6.64. The van der Waals surface area contributed by atoms with E-state index < -0.39 is 5.41 Å². The van der Waals surface area contributed by atoms with Gasteiger partial charge in [0.25, 0.3) is 0 Å². The maximum atomic E-state index is 11.9. The average Bonchev–Trinajstić information content (AvgIpc) is 3.13. The van der Waals surface area contributed by atoms with Crippen molar-refractivity contribution in [3.63, 3.8) is 0 Å². The van der Waals surface area contributed by atoms with E-state index in [1.807, 2.05) is 25.7 Å². The van der Waals surface area contributed by atoms with Crippen LogP contribution in [0.2, 0.25) is 0 Å². The summed E-state index contributed by atoms with van der Waals surface area (Å²) >= 11 is 0. The first-order chi connectivity index (χ1) is 8.42. The highest BCUT2D eigenvalue weighted by molar-refractivity contribution is 5.82. The van der Waals surface area contributed by atoms with E-state index >= 15 is 0 Å². The molecule has 2 N–H and O–H groups in total. The molecule has 1 rings (SSSR count). The van der Waals surface area contributed by atoms with Crippen molar-refractivity contribution in [1.29, 1.82) is 0 Å². The molecule has 0 radical (unpaired) electrons. The van der Waals surface area contributed by atoms with Gasteiger partial charge in [0.05, 0.1) is 12.0 Å². The third kappa shape index (κ3) is 3.98. The van der Waals surface area contributed by atoms with Crippen molar-refractivity contribution < 1.29 is 9.59 Å². The van der Waals surface area contributed by atoms with Gasteiger partial charge in [-0.1, -0.05) is 0 Å². The number of likely N-dealkylation sites (N-methyl/N-ethyl adjacent to an activating group) is 1. The highest BCUT2D eigenvalue weighted by atomic mass is 16.2. The van der Waals surface area contributed by atoms with Crippen LogP contribution in [0.3, 0.4) is 0 Å². The number of carbonyl (C=O) groups is 2. The number of rotatable bonds is 7. The molecule has 1 saturated carbocycles. The Morgan fingerprint density at radius 1 is 1.33 bits per heavy atom. The Morgan fingerprint density at radius 2 is 1.94 bits per heavy atom. The molecule has 1 aliphatic carbocycles. The van der Waals surface area contributed by atoms with E-state index in [9.17, 15) is 9.59 Å². The molecule has 5 heteroatoms. The molecule has 0 aromatic carbocycles. The highest BCUT2D eigenvalue weighted by Crippen LogP contribution is 2.26. The van der Waals surface area contributed by atoms with E-state index in [1.165, 1.54) is 0 Å². The first-order valence-electron chi connectivity index (χ1n) is 6.64. The van der Waals surface area contributed by atoms with Crippen LogP contribution in [0.25, 0.3) is 0 Å².